The molecule has 3 nitrogen and oxygen atoms in total. The van der Waals surface area contributed by atoms with Gasteiger partial charge in [0.2, 0.25) is 5.91 Å². The first kappa shape index (κ1) is 18.0. The van der Waals surface area contributed by atoms with E-state index in [4.69, 9.17) is 0 Å². The number of carbonyl (C=O) groups is 1. The van der Waals surface area contributed by atoms with Gasteiger partial charge in [-0.25, -0.2) is 0 Å². The zero-order chi connectivity index (χ0) is 16.9. The third kappa shape index (κ3) is 5.07. The van der Waals surface area contributed by atoms with Crippen molar-refractivity contribution in [3.05, 3.63) is 35.9 Å². The van der Waals surface area contributed by atoms with Crippen molar-refractivity contribution in [2.24, 2.45) is 11.3 Å². The quantitative estimate of drug-likeness (QED) is 0.840. The van der Waals surface area contributed by atoms with Crippen LogP contribution in [0.5, 0.6) is 0 Å². The summed E-state index contributed by atoms with van der Waals surface area (Å²) in [5.41, 5.74) is 1.32. The molecule has 0 aliphatic heterocycles. The van der Waals surface area contributed by atoms with Crippen molar-refractivity contribution in [1.29, 1.82) is 0 Å². The number of carbonyl (C=O) groups excluding carboxylic acids is 1. The Balaban J connectivity index is 1.87. The van der Waals surface area contributed by atoms with Crippen LogP contribution in [-0.2, 0) is 11.2 Å². The second kappa shape index (κ2) is 7.96. The van der Waals surface area contributed by atoms with E-state index in [1.807, 2.05) is 30.3 Å². The van der Waals surface area contributed by atoms with Gasteiger partial charge in [-0.05, 0) is 36.2 Å². The highest BCUT2D eigenvalue weighted by Crippen LogP contribution is 2.40. The second-order valence-electron chi connectivity index (χ2n) is 7.62. The summed E-state index contributed by atoms with van der Waals surface area (Å²) in [6.45, 7) is 6.89. The first-order valence-corrected chi connectivity index (χ1v) is 8.94. The van der Waals surface area contributed by atoms with Gasteiger partial charge in [0.15, 0.2) is 0 Å². The summed E-state index contributed by atoms with van der Waals surface area (Å²) in [6, 6.07) is 9.89. The van der Waals surface area contributed by atoms with E-state index in [-0.39, 0.29) is 11.9 Å². The Hall–Kier alpha value is -1.35. The minimum absolute atomic E-state index is 0.206. The third-order valence-electron chi connectivity index (χ3n) is 5.61. The molecular weight excluding hydrogens is 286 g/mol. The molecule has 2 rings (SSSR count). The minimum atomic E-state index is -0.961. The molecule has 0 heterocycles. The van der Waals surface area contributed by atoms with Gasteiger partial charge in [-0.3, -0.25) is 4.79 Å². The lowest BCUT2D eigenvalue weighted by molar-refractivity contribution is -0.130. The van der Waals surface area contributed by atoms with E-state index < -0.39 is 6.10 Å². The maximum Gasteiger partial charge on any atom is 0.249 e. The van der Waals surface area contributed by atoms with E-state index in [2.05, 4.69) is 26.1 Å². The first-order chi connectivity index (χ1) is 10.9. The topological polar surface area (TPSA) is 49.3 Å². The Morgan fingerprint density at radius 2 is 2.00 bits per heavy atom. The van der Waals surface area contributed by atoms with E-state index in [9.17, 15) is 9.90 Å². The number of amides is 1. The zero-order valence-electron chi connectivity index (χ0n) is 14.7. The summed E-state index contributed by atoms with van der Waals surface area (Å²) in [5.74, 6) is 0.423. The first-order valence-electron chi connectivity index (χ1n) is 8.94. The number of aliphatic hydroxyl groups excluding tert-OH is 1. The highest BCUT2D eigenvalue weighted by Gasteiger charge is 2.33. The Morgan fingerprint density at radius 3 is 2.65 bits per heavy atom. The lowest BCUT2D eigenvalue weighted by atomic mass is 9.68. The molecule has 0 aromatic heterocycles. The monoisotopic (exact) mass is 317 g/mol. The van der Waals surface area contributed by atoms with Crippen LogP contribution in [0.4, 0.5) is 0 Å². The Kier molecular flexibility index (Phi) is 6.23. The molecule has 1 aliphatic carbocycles. The fraction of sp³-hybridized carbons (Fsp3) is 0.650. The molecular formula is C20H31NO2. The molecule has 0 unspecified atom stereocenters. The predicted octanol–water partition coefficient (Wildman–Crippen LogP) is 3.70. The maximum atomic E-state index is 12.3. The lowest BCUT2D eigenvalue weighted by Gasteiger charge is -2.40. The Morgan fingerprint density at radius 1 is 1.30 bits per heavy atom. The lowest BCUT2D eigenvalue weighted by Crippen LogP contribution is -2.45. The molecule has 0 spiro atoms. The number of benzene rings is 1. The van der Waals surface area contributed by atoms with Crippen LogP contribution in [0.25, 0.3) is 0 Å². The van der Waals surface area contributed by atoms with Crippen LogP contribution in [0, 0.1) is 11.3 Å². The molecule has 128 valence electrons. The molecule has 3 atom stereocenters. The van der Waals surface area contributed by atoms with Gasteiger partial charge >= 0.3 is 0 Å². The predicted molar refractivity (Wildman–Crippen MR) is 94.1 cm³/mol. The van der Waals surface area contributed by atoms with Gasteiger partial charge in [0, 0.05) is 12.5 Å². The Bertz CT molecular complexity index is 498. The van der Waals surface area contributed by atoms with Crippen molar-refractivity contribution in [3.8, 4) is 0 Å². The fourth-order valence-corrected chi connectivity index (χ4v) is 3.55. The minimum Gasteiger partial charge on any atom is -0.383 e. The van der Waals surface area contributed by atoms with Gasteiger partial charge in [-0.15, -0.1) is 0 Å². The standard InChI is InChI=1S/C20H31NO2/c1-4-20(2,3)16-11-8-12-17(14-16)21-19(23)18(22)13-15-9-6-5-7-10-15/h5-7,9-10,16-18,22H,4,8,11-14H2,1-3H3,(H,21,23)/t16-,17+,18+/m1/s1. The van der Waals surface area contributed by atoms with Crippen LogP contribution in [0.3, 0.4) is 0 Å². The van der Waals surface area contributed by atoms with Gasteiger partial charge in [0.1, 0.15) is 6.10 Å². The van der Waals surface area contributed by atoms with Crippen LogP contribution < -0.4 is 5.32 Å². The third-order valence-corrected chi connectivity index (χ3v) is 5.61. The SMILES string of the molecule is CCC(C)(C)[C@@H]1CCC[C@H](NC(=O)[C@@H](O)Cc2ccccc2)C1. The summed E-state index contributed by atoms with van der Waals surface area (Å²) in [6.07, 6.45) is 5.05. The van der Waals surface area contributed by atoms with Gasteiger partial charge in [0.25, 0.3) is 0 Å². The van der Waals surface area contributed by atoms with Gasteiger partial charge in [-0.2, -0.15) is 0 Å². The van der Waals surface area contributed by atoms with Crippen molar-refractivity contribution >= 4 is 5.91 Å². The second-order valence-corrected chi connectivity index (χ2v) is 7.62. The van der Waals surface area contributed by atoms with E-state index >= 15 is 0 Å². The molecule has 23 heavy (non-hydrogen) atoms. The number of rotatable bonds is 6. The number of nitrogens with one attached hydrogen (secondary N) is 1. The normalized spacial score (nSPS) is 23.3. The molecule has 1 fully saturated rings. The van der Waals surface area contributed by atoms with E-state index in [0.29, 0.717) is 17.8 Å². The van der Waals surface area contributed by atoms with Crippen LogP contribution in [0.1, 0.15) is 58.4 Å². The molecule has 2 N–H and O–H groups in total. The van der Waals surface area contributed by atoms with Crippen molar-refractivity contribution in [2.75, 3.05) is 0 Å². The van der Waals surface area contributed by atoms with Crippen LogP contribution in [0.2, 0.25) is 0 Å². The molecule has 1 saturated carbocycles. The Labute approximate surface area is 140 Å². The van der Waals surface area contributed by atoms with Crippen LogP contribution in [-0.4, -0.2) is 23.2 Å². The average molecular weight is 317 g/mol. The van der Waals surface area contributed by atoms with Crippen LogP contribution >= 0.6 is 0 Å². The molecule has 1 amide bonds. The van der Waals surface area contributed by atoms with E-state index in [0.717, 1.165) is 31.2 Å². The van der Waals surface area contributed by atoms with Crippen molar-refractivity contribution in [1.82, 2.24) is 5.32 Å². The summed E-state index contributed by atoms with van der Waals surface area (Å²) >= 11 is 0. The number of hydrogen-bond acceptors (Lipinski definition) is 2. The van der Waals surface area contributed by atoms with Crippen molar-refractivity contribution < 1.29 is 9.90 Å². The summed E-state index contributed by atoms with van der Waals surface area (Å²) in [7, 11) is 0. The van der Waals surface area contributed by atoms with Crippen molar-refractivity contribution in [2.45, 2.75) is 71.4 Å². The molecule has 1 aromatic rings. The molecule has 1 aromatic carbocycles. The molecule has 0 bridgehead atoms. The molecule has 3 heteroatoms. The maximum absolute atomic E-state index is 12.3. The largest absolute Gasteiger partial charge is 0.383 e. The van der Waals surface area contributed by atoms with Gasteiger partial charge in [0.05, 0.1) is 0 Å². The summed E-state index contributed by atoms with van der Waals surface area (Å²) in [4.78, 5) is 12.3. The van der Waals surface area contributed by atoms with E-state index in [1.165, 1.54) is 6.42 Å². The van der Waals surface area contributed by atoms with Crippen LogP contribution in [0.15, 0.2) is 30.3 Å². The van der Waals surface area contributed by atoms with Gasteiger partial charge in [-0.1, -0.05) is 63.9 Å². The fourth-order valence-electron chi connectivity index (χ4n) is 3.55. The molecule has 0 radical (unpaired) electrons. The zero-order valence-corrected chi connectivity index (χ0v) is 14.7. The number of hydrogen-bond donors (Lipinski definition) is 2. The summed E-state index contributed by atoms with van der Waals surface area (Å²) in [5, 5.41) is 13.2. The molecule has 1 aliphatic rings. The highest BCUT2D eigenvalue weighted by atomic mass is 16.3. The average Bonchev–Trinajstić information content (AvgIpc) is 2.56. The van der Waals surface area contributed by atoms with Crippen molar-refractivity contribution in [3.63, 3.8) is 0 Å². The summed E-state index contributed by atoms with van der Waals surface area (Å²) < 4.78 is 0. The smallest absolute Gasteiger partial charge is 0.249 e. The van der Waals surface area contributed by atoms with E-state index in [1.54, 1.807) is 0 Å². The highest BCUT2D eigenvalue weighted by molar-refractivity contribution is 5.81. The molecule has 0 saturated heterocycles. The number of aliphatic hydroxyl groups is 1. The van der Waals surface area contributed by atoms with Gasteiger partial charge < -0.3 is 10.4 Å².